The largest absolute Gasteiger partial charge is 0.480 e. The lowest BCUT2D eigenvalue weighted by Gasteiger charge is -2.29. The minimum atomic E-state index is -1.04. The number of morpholine rings is 1. The highest BCUT2D eigenvalue weighted by molar-refractivity contribution is 5.84. The Balaban J connectivity index is 1.81. The third kappa shape index (κ3) is 6.50. The number of hydrogen-bond acceptors (Lipinski definition) is 5. The zero-order chi connectivity index (χ0) is 19.8. The van der Waals surface area contributed by atoms with Crippen LogP contribution in [0.4, 0.5) is 0 Å². The average molecular weight is 383 g/mol. The molecule has 152 valence electrons. The van der Waals surface area contributed by atoms with Crippen molar-refractivity contribution < 1.29 is 29.0 Å². The van der Waals surface area contributed by atoms with Gasteiger partial charge >= 0.3 is 5.97 Å². The molecule has 2 rings (SSSR count). The van der Waals surface area contributed by atoms with Gasteiger partial charge in [0.2, 0.25) is 17.7 Å². The first-order chi connectivity index (χ1) is 12.9. The summed E-state index contributed by atoms with van der Waals surface area (Å²) in [7, 11) is 0. The number of carboxylic acids is 1. The molecule has 0 aromatic heterocycles. The molecule has 0 saturated carbocycles. The zero-order valence-corrected chi connectivity index (χ0v) is 15.9. The van der Waals surface area contributed by atoms with Gasteiger partial charge in [0.25, 0.3) is 0 Å². The molecule has 3 amide bonds. The second kappa shape index (κ2) is 10.2. The average Bonchev–Trinajstić information content (AvgIpc) is 2.90. The number of nitrogens with zero attached hydrogens (tertiary/aromatic N) is 3. The number of aliphatic carboxylic acids is 1. The second-order valence-corrected chi connectivity index (χ2v) is 7.00. The van der Waals surface area contributed by atoms with E-state index in [1.807, 2.05) is 0 Å². The number of carbonyl (C=O) groups is 4. The standard InChI is InChI=1S/C18H29N3O6/c1-14(22)21(13-18(25)26)15-3-2-7-19(8-6-15)16(23)4-5-17(24)20-9-11-27-12-10-20/h15H,2-13H2,1H3,(H,25,26). The molecule has 9 heteroatoms. The van der Waals surface area contributed by atoms with Gasteiger partial charge in [0, 0.05) is 52.0 Å². The van der Waals surface area contributed by atoms with E-state index >= 15 is 0 Å². The molecular weight excluding hydrogens is 354 g/mol. The van der Waals surface area contributed by atoms with Crippen molar-refractivity contribution in [3.05, 3.63) is 0 Å². The van der Waals surface area contributed by atoms with E-state index in [0.717, 1.165) is 0 Å². The van der Waals surface area contributed by atoms with Crippen LogP contribution >= 0.6 is 0 Å². The number of rotatable bonds is 6. The Hall–Kier alpha value is -2.16. The Bertz CT molecular complexity index is 561. The first-order valence-corrected chi connectivity index (χ1v) is 9.50. The van der Waals surface area contributed by atoms with Gasteiger partial charge in [0.1, 0.15) is 6.54 Å². The van der Waals surface area contributed by atoms with Gasteiger partial charge in [-0.3, -0.25) is 19.2 Å². The van der Waals surface area contributed by atoms with Gasteiger partial charge in [-0.25, -0.2) is 0 Å². The molecule has 2 aliphatic heterocycles. The van der Waals surface area contributed by atoms with Crippen molar-refractivity contribution in [2.45, 2.75) is 45.1 Å². The molecule has 0 aromatic rings. The maximum Gasteiger partial charge on any atom is 0.323 e. The van der Waals surface area contributed by atoms with E-state index in [2.05, 4.69) is 0 Å². The summed E-state index contributed by atoms with van der Waals surface area (Å²) in [5.74, 6) is -1.39. The smallest absolute Gasteiger partial charge is 0.323 e. The number of likely N-dealkylation sites (tertiary alicyclic amines) is 1. The molecule has 2 heterocycles. The van der Waals surface area contributed by atoms with E-state index in [4.69, 9.17) is 9.84 Å². The topological polar surface area (TPSA) is 107 Å². The molecule has 2 fully saturated rings. The molecule has 9 nitrogen and oxygen atoms in total. The van der Waals surface area contributed by atoms with Crippen LogP contribution in [-0.4, -0.2) is 95.5 Å². The summed E-state index contributed by atoms with van der Waals surface area (Å²) in [5.41, 5.74) is 0. The predicted octanol–water partition coefficient (Wildman–Crippen LogP) is -0.0604. The van der Waals surface area contributed by atoms with Crippen molar-refractivity contribution in [2.75, 3.05) is 45.9 Å². The van der Waals surface area contributed by atoms with E-state index in [-0.39, 0.29) is 43.1 Å². The van der Waals surface area contributed by atoms with Crippen molar-refractivity contribution >= 4 is 23.7 Å². The summed E-state index contributed by atoms with van der Waals surface area (Å²) in [4.78, 5) is 52.2. The lowest BCUT2D eigenvalue weighted by molar-refractivity contribution is -0.145. The fraction of sp³-hybridized carbons (Fsp3) is 0.778. The van der Waals surface area contributed by atoms with Crippen molar-refractivity contribution in [3.8, 4) is 0 Å². The second-order valence-electron chi connectivity index (χ2n) is 7.00. The molecule has 1 atom stereocenters. The highest BCUT2D eigenvalue weighted by Gasteiger charge is 2.28. The molecule has 1 N–H and O–H groups in total. The Morgan fingerprint density at radius 1 is 0.963 bits per heavy atom. The number of hydrogen-bond donors (Lipinski definition) is 1. The van der Waals surface area contributed by atoms with Crippen molar-refractivity contribution in [1.29, 1.82) is 0 Å². The number of carboxylic acid groups (broad SMARTS) is 1. The first kappa shape index (κ1) is 21.1. The van der Waals surface area contributed by atoms with Crippen LogP contribution in [-0.2, 0) is 23.9 Å². The van der Waals surface area contributed by atoms with E-state index in [1.54, 1.807) is 9.80 Å². The molecule has 0 aliphatic carbocycles. The quantitative estimate of drug-likeness (QED) is 0.689. The van der Waals surface area contributed by atoms with Gasteiger partial charge < -0.3 is 24.5 Å². The van der Waals surface area contributed by atoms with Gasteiger partial charge in [0.15, 0.2) is 0 Å². The molecule has 2 saturated heterocycles. The fourth-order valence-corrected chi connectivity index (χ4v) is 3.63. The minimum absolute atomic E-state index is 0.0245. The summed E-state index contributed by atoms with van der Waals surface area (Å²) >= 11 is 0. The summed E-state index contributed by atoms with van der Waals surface area (Å²) in [6.45, 7) is 4.31. The predicted molar refractivity (Wildman–Crippen MR) is 95.9 cm³/mol. The van der Waals surface area contributed by atoms with Crippen molar-refractivity contribution in [1.82, 2.24) is 14.7 Å². The third-order valence-electron chi connectivity index (χ3n) is 5.12. The normalized spacial score (nSPS) is 20.7. The van der Waals surface area contributed by atoms with Crippen LogP contribution in [0, 0.1) is 0 Å². The number of ether oxygens (including phenoxy) is 1. The first-order valence-electron chi connectivity index (χ1n) is 9.50. The monoisotopic (exact) mass is 383 g/mol. The van der Waals surface area contributed by atoms with E-state index in [1.165, 1.54) is 11.8 Å². The molecule has 0 spiro atoms. The molecule has 0 radical (unpaired) electrons. The zero-order valence-electron chi connectivity index (χ0n) is 15.9. The Morgan fingerprint density at radius 2 is 1.56 bits per heavy atom. The maximum atomic E-state index is 12.5. The van der Waals surface area contributed by atoms with Gasteiger partial charge in [-0.2, -0.15) is 0 Å². The third-order valence-corrected chi connectivity index (χ3v) is 5.12. The lowest BCUT2D eigenvalue weighted by atomic mass is 10.1. The van der Waals surface area contributed by atoms with Crippen LogP contribution < -0.4 is 0 Å². The van der Waals surface area contributed by atoms with Gasteiger partial charge in [0.05, 0.1) is 13.2 Å². The minimum Gasteiger partial charge on any atom is -0.480 e. The van der Waals surface area contributed by atoms with Crippen LogP contribution in [0.2, 0.25) is 0 Å². The van der Waals surface area contributed by atoms with Gasteiger partial charge in [-0.05, 0) is 19.3 Å². The summed E-state index contributed by atoms with van der Waals surface area (Å²) < 4.78 is 5.22. The van der Waals surface area contributed by atoms with Gasteiger partial charge in [-0.1, -0.05) is 0 Å². The SMILES string of the molecule is CC(=O)N(CC(=O)O)C1CCCN(C(=O)CCC(=O)N2CCOCC2)CC1. The van der Waals surface area contributed by atoms with Crippen LogP contribution in [0.5, 0.6) is 0 Å². The summed E-state index contributed by atoms with van der Waals surface area (Å²) in [6, 6.07) is -0.175. The van der Waals surface area contributed by atoms with Crippen molar-refractivity contribution in [2.24, 2.45) is 0 Å². The summed E-state index contributed by atoms with van der Waals surface area (Å²) in [6.07, 6.45) is 2.29. The molecule has 2 aliphatic rings. The van der Waals surface area contributed by atoms with Crippen LogP contribution in [0.3, 0.4) is 0 Å². The Kier molecular flexibility index (Phi) is 8.02. The molecule has 0 bridgehead atoms. The van der Waals surface area contributed by atoms with Crippen LogP contribution in [0.1, 0.15) is 39.0 Å². The Labute approximate surface area is 159 Å². The fourth-order valence-electron chi connectivity index (χ4n) is 3.63. The van der Waals surface area contributed by atoms with Crippen molar-refractivity contribution in [3.63, 3.8) is 0 Å². The Morgan fingerprint density at radius 3 is 2.11 bits per heavy atom. The highest BCUT2D eigenvalue weighted by Crippen LogP contribution is 2.18. The molecule has 0 aromatic carbocycles. The number of carbonyl (C=O) groups excluding carboxylic acids is 3. The molecule has 1 unspecified atom stereocenters. The van der Waals surface area contributed by atoms with E-state index in [9.17, 15) is 19.2 Å². The number of amides is 3. The van der Waals surface area contributed by atoms with Gasteiger partial charge in [-0.15, -0.1) is 0 Å². The van der Waals surface area contributed by atoms with Crippen LogP contribution in [0.25, 0.3) is 0 Å². The summed E-state index contributed by atoms with van der Waals surface area (Å²) in [5, 5.41) is 9.00. The molecule has 27 heavy (non-hydrogen) atoms. The van der Waals surface area contributed by atoms with E-state index in [0.29, 0.717) is 58.7 Å². The maximum absolute atomic E-state index is 12.5. The highest BCUT2D eigenvalue weighted by atomic mass is 16.5. The van der Waals surface area contributed by atoms with E-state index < -0.39 is 5.97 Å². The van der Waals surface area contributed by atoms with Crippen LogP contribution in [0.15, 0.2) is 0 Å². The molecular formula is C18H29N3O6. The lowest BCUT2D eigenvalue weighted by Crippen LogP contribution is -2.43.